The molecule has 0 radical (unpaired) electrons. The molecule has 1 N–H and O–H groups in total. The van der Waals surface area contributed by atoms with Gasteiger partial charge in [0.1, 0.15) is 6.33 Å². The van der Waals surface area contributed by atoms with Crippen molar-refractivity contribution in [2.45, 2.75) is 17.3 Å². The van der Waals surface area contributed by atoms with Gasteiger partial charge >= 0.3 is 0 Å². The Labute approximate surface area is 149 Å². The molecule has 0 saturated heterocycles. The minimum atomic E-state index is -0.359. The number of nitrogens with one attached hydrogen (secondary N) is 1. The Morgan fingerprint density at radius 2 is 1.92 bits per heavy atom. The van der Waals surface area contributed by atoms with Gasteiger partial charge in [0.15, 0.2) is 0 Å². The van der Waals surface area contributed by atoms with Crippen molar-refractivity contribution >= 4 is 23.4 Å². The van der Waals surface area contributed by atoms with Gasteiger partial charge in [0.05, 0.1) is 22.6 Å². The molecule has 7 heteroatoms. The van der Waals surface area contributed by atoms with Crippen molar-refractivity contribution in [1.29, 1.82) is 5.26 Å². The number of carbonyl (C=O) groups excluding carboxylic acids is 1. The van der Waals surface area contributed by atoms with Crippen molar-refractivity contribution < 1.29 is 4.79 Å². The van der Waals surface area contributed by atoms with Crippen LogP contribution < -0.4 is 5.32 Å². The number of anilines is 1. The number of nitrogens with zero attached hydrogens (tertiary/aromatic N) is 4. The molecule has 124 valence electrons. The van der Waals surface area contributed by atoms with E-state index in [1.54, 1.807) is 42.2 Å². The lowest BCUT2D eigenvalue weighted by atomic mass is 10.2. The van der Waals surface area contributed by atoms with E-state index in [0.29, 0.717) is 16.4 Å². The van der Waals surface area contributed by atoms with Crippen molar-refractivity contribution in [2.75, 3.05) is 5.32 Å². The van der Waals surface area contributed by atoms with Crippen molar-refractivity contribution in [3.05, 3.63) is 66.5 Å². The van der Waals surface area contributed by atoms with Crippen molar-refractivity contribution in [1.82, 2.24) is 14.8 Å². The summed E-state index contributed by atoms with van der Waals surface area (Å²) in [6.07, 6.45) is 1.63. The first-order valence-corrected chi connectivity index (χ1v) is 8.48. The number of amides is 1. The predicted octanol–water partition coefficient (Wildman–Crippen LogP) is 3.26. The zero-order chi connectivity index (χ0) is 17.6. The van der Waals surface area contributed by atoms with Gasteiger partial charge in [-0.15, -0.1) is 5.10 Å². The maximum Gasteiger partial charge on any atom is 0.237 e. The second kappa shape index (κ2) is 7.64. The molecule has 2 aromatic carbocycles. The Kier molecular flexibility index (Phi) is 5.11. The van der Waals surface area contributed by atoms with Gasteiger partial charge in [0.25, 0.3) is 0 Å². The van der Waals surface area contributed by atoms with E-state index in [1.807, 2.05) is 36.4 Å². The lowest BCUT2D eigenvalue weighted by molar-refractivity contribution is -0.115. The Morgan fingerprint density at radius 3 is 2.60 bits per heavy atom. The second-order valence-corrected chi connectivity index (χ2v) is 6.55. The summed E-state index contributed by atoms with van der Waals surface area (Å²) in [5.74, 6) is -0.147. The molecule has 6 nitrogen and oxygen atoms in total. The van der Waals surface area contributed by atoms with Gasteiger partial charge in [-0.2, -0.15) is 5.26 Å². The highest BCUT2D eigenvalue weighted by Gasteiger charge is 2.17. The number of aromatic nitrogens is 3. The fraction of sp³-hybridized carbons (Fsp3) is 0.111. The SMILES string of the molecule is C[C@H](Sc1ncn(-c2ccccc2)n1)C(=O)Nc1ccc(C#N)cc1. The monoisotopic (exact) mass is 349 g/mol. The van der Waals surface area contributed by atoms with Crippen LogP contribution in [0.15, 0.2) is 66.1 Å². The lowest BCUT2D eigenvalue weighted by Gasteiger charge is -2.10. The molecule has 3 rings (SSSR count). The van der Waals surface area contributed by atoms with Gasteiger partial charge in [0, 0.05) is 5.69 Å². The minimum absolute atomic E-state index is 0.147. The molecule has 0 aliphatic heterocycles. The number of rotatable bonds is 5. The van der Waals surface area contributed by atoms with E-state index < -0.39 is 0 Å². The van der Waals surface area contributed by atoms with Gasteiger partial charge in [-0.1, -0.05) is 30.0 Å². The molecule has 0 bridgehead atoms. The average molecular weight is 349 g/mol. The Hall–Kier alpha value is -3.11. The second-order valence-electron chi connectivity index (χ2n) is 5.25. The van der Waals surface area contributed by atoms with Crippen LogP contribution in [0.3, 0.4) is 0 Å². The Morgan fingerprint density at radius 1 is 1.20 bits per heavy atom. The molecular formula is C18H15N5OS. The van der Waals surface area contributed by atoms with Gasteiger partial charge in [-0.25, -0.2) is 9.67 Å². The summed E-state index contributed by atoms with van der Waals surface area (Å²) in [6, 6.07) is 18.4. The maximum atomic E-state index is 12.3. The first-order chi connectivity index (χ1) is 12.2. The Balaban J connectivity index is 1.61. The molecule has 0 unspecified atom stereocenters. The highest BCUT2D eigenvalue weighted by atomic mass is 32.2. The zero-order valence-electron chi connectivity index (χ0n) is 13.5. The standard InChI is InChI=1S/C18H15N5OS/c1-13(17(24)21-15-9-7-14(11-19)8-10-15)25-18-20-12-23(22-18)16-5-3-2-4-6-16/h2-10,12-13H,1H3,(H,21,24)/t13-/m0/s1. The quantitative estimate of drug-likeness (QED) is 0.715. The molecule has 0 saturated carbocycles. The molecule has 0 aliphatic carbocycles. The molecule has 25 heavy (non-hydrogen) atoms. The number of carbonyl (C=O) groups is 1. The molecular weight excluding hydrogens is 334 g/mol. The summed E-state index contributed by atoms with van der Waals surface area (Å²) in [5, 5.41) is 16.2. The normalized spacial score (nSPS) is 11.5. The van der Waals surface area contributed by atoms with Gasteiger partial charge in [-0.05, 0) is 43.3 Å². The van der Waals surface area contributed by atoms with Crippen LogP contribution in [0, 0.1) is 11.3 Å². The van der Waals surface area contributed by atoms with E-state index in [4.69, 9.17) is 5.26 Å². The maximum absolute atomic E-state index is 12.3. The molecule has 1 amide bonds. The zero-order valence-corrected chi connectivity index (χ0v) is 14.3. The molecule has 3 aromatic rings. The first-order valence-electron chi connectivity index (χ1n) is 7.60. The molecule has 0 aliphatic rings. The number of hydrogen-bond donors (Lipinski definition) is 1. The van der Waals surface area contributed by atoms with E-state index in [0.717, 1.165) is 5.69 Å². The largest absolute Gasteiger partial charge is 0.325 e. The molecule has 0 spiro atoms. The van der Waals surface area contributed by atoms with Crippen LogP contribution in [0.1, 0.15) is 12.5 Å². The molecule has 1 aromatic heterocycles. The van der Waals surface area contributed by atoms with Crippen LogP contribution in [0.5, 0.6) is 0 Å². The predicted molar refractivity (Wildman–Crippen MR) is 96.5 cm³/mol. The third kappa shape index (κ3) is 4.25. The third-order valence-corrected chi connectivity index (χ3v) is 4.39. The Bertz CT molecular complexity index is 899. The van der Waals surface area contributed by atoms with E-state index in [9.17, 15) is 4.79 Å². The summed E-state index contributed by atoms with van der Waals surface area (Å²) >= 11 is 1.29. The molecule has 0 fully saturated rings. The van der Waals surface area contributed by atoms with Crippen LogP contribution in [-0.2, 0) is 4.79 Å². The van der Waals surface area contributed by atoms with E-state index in [1.165, 1.54) is 11.8 Å². The van der Waals surface area contributed by atoms with E-state index >= 15 is 0 Å². The first kappa shape index (κ1) is 16.7. The topological polar surface area (TPSA) is 83.6 Å². The van der Waals surface area contributed by atoms with Crippen LogP contribution >= 0.6 is 11.8 Å². The van der Waals surface area contributed by atoms with Gasteiger partial charge < -0.3 is 5.32 Å². The number of nitriles is 1. The molecule has 1 atom stereocenters. The van der Waals surface area contributed by atoms with Crippen LogP contribution in [0.2, 0.25) is 0 Å². The van der Waals surface area contributed by atoms with Crippen LogP contribution in [-0.4, -0.2) is 25.9 Å². The van der Waals surface area contributed by atoms with Crippen molar-refractivity contribution in [3.63, 3.8) is 0 Å². The smallest absolute Gasteiger partial charge is 0.237 e. The highest BCUT2D eigenvalue weighted by Crippen LogP contribution is 2.21. The molecule has 1 heterocycles. The van der Waals surface area contributed by atoms with E-state index in [-0.39, 0.29) is 11.2 Å². The number of hydrogen-bond acceptors (Lipinski definition) is 5. The van der Waals surface area contributed by atoms with Gasteiger partial charge in [-0.3, -0.25) is 4.79 Å². The number of benzene rings is 2. The fourth-order valence-corrected chi connectivity index (χ4v) is 2.82. The number of para-hydroxylation sites is 1. The summed E-state index contributed by atoms with van der Waals surface area (Å²) in [4.78, 5) is 16.5. The summed E-state index contributed by atoms with van der Waals surface area (Å²) in [5.41, 5.74) is 2.12. The van der Waals surface area contributed by atoms with Crippen LogP contribution in [0.25, 0.3) is 5.69 Å². The van der Waals surface area contributed by atoms with Gasteiger partial charge in [0.2, 0.25) is 11.1 Å². The number of thioether (sulfide) groups is 1. The summed E-state index contributed by atoms with van der Waals surface area (Å²) in [6.45, 7) is 1.80. The minimum Gasteiger partial charge on any atom is -0.325 e. The highest BCUT2D eigenvalue weighted by molar-refractivity contribution is 8.00. The average Bonchev–Trinajstić information content (AvgIpc) is 3.11. The van der Waals surface area contributed by atoms with Crippen molar-refractivity contribution in [3.8, 4) is 11.8 Å². The van der Waals surface area contributed by atoms with E-state index in [2.05, 4.69) is 15.4 Å². The van der Waals surface area contributed by atoms with Crippen molar-refractivity contribution in [2.24, 2.45) is 0 Å². The summed E-state index contributed by atoms with van der Waals surface area (Å²) < 4.78 is 1.67. The fourth-order valence-electron chi connectivity index (χ4n) is 2.09. The van der Waals surface area contributed by atoms with Crippen LogP contribution in [0.4, 0.5) is 5.69 Å². The lowest BCUT2D eigenvalue weighted by Crippen LogP contribution is -2.22. The third-order valence-electron chi connectivity index (χ3n) is 3.42. The summed E-state index contributed by atoms with van der Waals surface area (Å²) in [7, 11) is 0.